The second kappa shape index (κ2) is 7.04. The van der Waals surface area contributed by atoms with Crippen LogP contribution in [0.25, 0.3) is 0 Å². The molecule has 0 bridgehead atoms. The smallest absolute Gasteiger partial charge is 0.119 e. The normalized spacial score (nSPS) is 22.9. The first-order chi connectivity index (χ1) is 6.43. The number of carbonyl (C=O) groups is 1. The molecule has 1 aliphatic heterocycles. The molecule has 0 amide bonds. The molecule has 3 nitrogen and oxygen atoms in total. The summed E-state index contributed by atoms with van der Waals surface area (Å²) in [5.74, 6) is 0. The summed E-state index contributed by atoms with van der Waals surface area (Å²) in [6, 6.07) is 0.657. The van der Waals surface area contributed by atoms with Crippen molar-refractivity contribution in [1.82, 2.24) is 10.6 Å². The molecule has 0 aliphatic carbocycles. The van der Waals surface area contributed by atoms with Crippen LogP contribution >= 0.6 is 0 Å². The monoisotopic (exact) mass is 184 g/mol. The first-order valence-electron chi connectivity index (χ1n) is 5.31. The molecule has 1 unspecified atom stereocenters. The van der Waals surface area contributed by atoms with Crippen LogP contribution in [0.2, 0.25) is 0 Å². The summed E-state index contributed by atoms with van der Waals surface area (Å²) < 4.78 is 0. The van der Waals surface area contributed by atoms with Gasteiger partial charge in [0.05, 0.1) is 0 Å². The Morgan fingerprint density at radius 2 is 2.15 bits per heavy atom. The Morgan fingerprint density at radius 1 is 1.23 bits per heavy atom. The molecule has 1 rings (SSSR count). The standard InChI is InChI=1S/C10H20N2O/c13-8-4-2-1-3-5-10-9-11-6-7-12-10/h8,10-12H,1-7,9H2. The van der Waals surface area contributed by atoms with Gasteiger partial charge in [0.25, 0.3) is 0 Å². The van der Waals surface area contributed by atoms with Crippen LogP contribution in [0.1, 0.15) is 32.1 Å². The Hall–Kier alpha value is -0.410. The predicted molar refractivity (Wildman–Crippen MR) is 53.8 cm³/mol. The zero-order chi connectivity index (χ0) is 9.36. The van der Waals surface area contributed by atoms with Gasteiger partial charge in [0, 0.05) is 32.1 Å². The van der Waals surface area contributed by atoms with E-state index in [2.05, 4.69) is 10.6 Å². The van der Waals surface area contributed by atoms with Crippen LogP contribution in [0.15, 0.2) is 0 Å². The number of nitrogens with one attached hydrogen (secondary N) is 2. The number of hydrogen-bond donors (Lipinski definition) is 2. The van der Waals surface area contributed by atoms with Gasteiger partial charge in [0.15, 0.2) is 0 Å². The van der Waals surface area contributed by atoms with Crippen molar-refractivity contribution >= 4 is 6.29 Å². The van der Waals surface area contributed by atoms with Crippen molar-refractivity contribution in [2.75, 3.05) is 19.6 Å². The molecule has 1 aliphatic rings. The van der Waals surface area contributed by atoms with Gasteiger partial charge in [-0.25, -0.2) is 0 Å². The van der Waals surface area contributed by atoms with Crippen molar-refractivity contribution < 1.29 is 4.79 Å². The van der Waals surface area contributed by atoms with E-state index in [4.69, 9.17) is 0 Å². The molecular formula is C10H20N2O. The van der Waals surface area contributed by atoms with Crippen molar-refractivity contribution in [1.29, 1.82) is 0 Å². The van der Waals surface area contributed by atoms with E-state index in [-0.39, 0.29) is 0 Å². The van der Waals surface area contributed by atoms with Gasteiger partial charge < -0.3 is 15.4 Å². The van der Waals surface area contributed by atoms with Crippen molar-refractivity contribution in [3.05, 3.63) is 0 Å². The van der Waals surface area contributed by atoms with E-state index in [0.717, 1.165) is 38.8 Å². The van der Waals surface area contributed by atoms with Crippen LogP contribution in [0, 0.1) is 0 Å². The molecule has 13 heavy (non-hydrogen) atoms. The molecule has 1 saturated heterocycles. The summed E-state index contributed by atoms with van der Waals surface area (Å²) >= 11 is 0. The van der Waals surface area contributed by atoms with Crippen molar-refractivity contribution in [2.45, 2.75) is 38.1 Å². The maximum Gasteiger partial charge on any atom is 0.119 e. The lowest BCUT2D eigenvalue weighted by Crippen LogP contribution is -2.48. The number of piperazine rings is 1. The fourth-order valence-corrected chi connectivity index (χ4v) is 1.71. The Bertz CT molecular complexity index is 133. The second-order valence-corrected chi connectivity index (χ2v) is 3.66. The molecular weight excluding hydrogens is 164 g/mol. The maximum absolute atomic E-state index is 10.0. The highest BCUT2D eigenvalue weighted by molar-refractivity contribution is 5.48. The van der Waals surface area contributed by atoms with Crippen LogP contribution in [0.5, 0.6) is 0 Å². The summed E-state index contributed by atoms with van der Waals surface area (Å²) in [7, 11) is 0. The number of hydrogen-bond acceptors (Lipinski definition) is 3. The third-order valence-corrected chi connectivity index (χ3v) is 2.50. The Labute approximate surface area is 80.3 Å². The lowest BCUT2D eigenvalue weighted by atomic mass is 10.1. The van der Waals surface area contributed by atoms with Crippen molar-refractivity contribution in [3.63, 3.8) is 0 Å². The topological polar surface area (TPSA) is 41.1 Å². The lowest BCUT2D eigenvalue weighted by molar-refractivity contribution is -0.107. The van der Waals surface area contributed by atoms with Gasteiger partial charge in [-0.3, -0.25) is 0 Å². The average Bonchev–Trinajstić information content (AvgIpc) is 2.19. The van der Waals surface area contributed by atoms with Gasteiger partial charge in [0.2, 0.25) is 0 Å². The fourth-order valence-electron chi connectivity index (χ4n) is 1.71. The minimum atomic E-state index is 0.657. The highest BCUT2D eigenvalue weighted by atomic mass is 16.1. The van der Waals surface area contributed by atoms with E-state index in [1.54, 1.807) is 0 Å². The van der Waals surface area contributed by atoms with E-state index < -0.39 is 0 Å². The highest BCUT2D eigenvalue weighted by Crippen LogP contribution is 2.05. The summed E-state index contributed by atoms with van der Waals surface area (Å²) in [5, 5.41) is 6.85. The third-order valence-electron chi connectivity index (χ3n) is 2.50. The first-order valence-corrected chi connectivity index (χ1v) is 5.31. The molecule has 1 atom stereocenters. The molecule has 3 heteroatoms. The van der Waals surface area contributed by atoms with Crippen molar-refractivity contribution in [3.8, 4) is 0 Å². The molecule has 0 spiro atoms. The first kappa shape index (κ1) is 10.7. The minimum Gasteiger partial charge on any atom is -0.314 e. The Morgan fingerprint density at radius 3 is 2.85 bits per heavy atom. The maximum atomic E-state index is 10.0. The van der Waals surface area contributed by atoms with Crippen LogP contribution < -0.4 is 10.6 Å². The fraction of sp³-hybridized carbons (Fsp3) is 0.900. The SMILES string of the molecule is O=CCCCCCC1CNCCN1. The van der Waals surface area contributed by atoms with Gasteiger partial charge in [0.1, 0.15) is 6.29 Å². The second-order valence-electron chi connectivity index (χ2n) is 3.66. The van der Waals surface area contributed by atoms with Gasteiger partial charge in [-0.1, -0.05) is 12.8 Å². The zero-order valence-electron chi connectivity index (χ0n) is 8.22. The van der Waals surface area contributed by atoms with Crippen LogP contribution in [-0.2, 0) is 4.79 Å². The molecule has 1 heterocycles. The summed E-state index contributed by atoms with van der Waals surface area (Å²) in [5.41, 5.74) is 0. The molecule has 76 valence electrons. The van der Waals surface area contributed by atoms with E-state index >= 15 is 0 Å². The van der Waals surface area contributed by atoms with Crippen LogP contribution in [0.4, 0.5) is 0 Å². The van der Waals surface area contributed by atoms with Gasteiger partial charge in [-0.05, 0) is 12.8 Å². The summed E-state index contributed by atoms with van der Waals surface area (Å²) in [4.78, 5) is 10.0. The predicted octanol–water partition coefficient (Wildman–Crippen LogP) is 0.697. The molecule has 2 N–H and O–H groups in total. The van der Waals surface area contributed by atoms with Crippen LogP contribution in [0.3, 0.4) is 0 Å². The van der Waals surface area contributed by atoms with E-state index in [1.807, 2.05) is 0 Å². The average molecular weight is 184 g/mol. The quantitative estimate of drug-likeness (QED) is 0.471. The van der Waals surface area contributed by atoms with E-state index in [0.29, 0.717) is 6.04 Å². The molecule has 0 aromatic heterocycles. The summed E-state index contributed by atoms with van der Waals surface area (Å²) in [6.45, 7) is 3.30. The lowest BCUT2D eigenvalue weighted by Gasteiger charge is -2.24. The number of unbranched alkanes of at least 4 members (excludes halogenated alkanes) is 3. The van der Waals surface area contributed by atoms with Gasteiger partial charge >= 0.3 is 0 Å². The third kappa shape index (κ3) is 5.01. The van der Waals surface area contributed by atoms with Crippen LogP contribution in [-0.4, -0.2) is 32.0 Å². The Balaban J connectivity index is 1.89. The number of rotatable bonds is 6. The highest BCUT2D eigenvalue weighted by Gasteiger charge is 2.10. The van der Waals surface area contributed by atoms with E-state index in [1.165, 1.54) is 19.3 Å². The molecule has 0 saturated carbocycles. The molecule has 0 aromatic rings. The van der Waals surface area contributed by atoms with Gasteiger partial charge in [-0.15, -0.1) is 0 Å². The minimum absolute atomic E-state index is 0.657. The molecule has 0 radical (unpaired) electrons. The molecule has 1 fully saturated rings. The van der Waals surface area contributed by atoms with E-state index in [9.17, 15) is 4.79 Å². The van der Waals surface area contributed by atoms with Gasteiger partial charge in [-0.2, -0.15) is 0 Å². The number of aldehydes is 1. The summed E-state index contributed by atoms with van der Waals surface area (Å²) in [6.07, 6.45) is 6.48. The Kier molecular flexibility index (Phi) is 5.78. The van der Waals surface area contributed by atoms with Crippen molar-refractivity contribution in [2.24, 2.45) is 0 Å². The number of carbonyl (C=O) groups excluding carboxylic acids is 1. The molecule has 0 aromatic carbocycles. The largest absolute Gasteiger partial charge is 0.314 e. The zero-order valence-corrected chi connectivity index (χ0v) is 8.22.